The van der Waals surface area contributed by atoms with Gasteiger partial charge >= 0.3 is 11.9 Å². The molecule has 5 nitrogen and oxygen atoms in total. The average Bonchev–Trinajstić information content (AvgIpc) is 3.03. The van der Waals surface area contributed by atoms with Crippen LogP contribution in [0.3, 0.4) is 0 Å². The minimum atomic E-state index is -0.0678. The van der Waals surface area contributed by atoms with Gasteiger partial charge in [0.05, 0.1) is 13.2 Å². The van der Waals surface area contributed by atoms with Crippen molar-refractivity contribution >= 4 is 23.5 Å². The van der Waals surface area contributed by atoms with Crippen molar-refractivity contribution in [1.82, 2.24) is 4.90 Å². The van der Waals surface area contributed by atoms with Gasteiger partial charge in [-0.3, -0.25) is 9.59 Å². The molecule has 0 aliphatic rings. The molecule has 0 N–H and O–H groups in total. The number of ether oxygens (including phenoxy) is 2. The number of nitrogens with zero attached hydrogens (tertiary/aromatic N) is 1. The Hall–Kier alpha value is -0.810. The van der Waals surface area contributed by atoms with E-state index in [1.165, 1.54) is 109 Å². The molecule has 0 amide bonds. The zero-order chi connectivity index (χ0) is 33.1. The quantitative estimate of drug-likeness (QED) is 0.0381. The van der Waals surface area contributed by atoms with Gasteiger partial charge in [0, 0.05) is 25.3 Å². The molecular weight excluding hydrogens is 582 g/mol. The first-order chi connectivity index (χ1) is 22.1. The molecule has 0 rings (SSSR count). The largest absolute Gasteiger partial charge is 0.466 e. The molecule has 0 saturated heterocycles. The minimum absolute atomic E-state index is 0.0285. The number of hydrogen-bond acceptors (Lipinski definition) is 5. The van der Waals surface area contributed by atoms with Crippen LogP contribution in [-0.4, -0.2) is 55.6 Å². The highest BCUT2D eigenvalue weighted by Crippen LogP contribution is 2.22. The van der Waals surface area contributed by atoms with Gasteiger partial charge in [-0.25, -0.2) is 0 Å². The van der Waals surface area contributed by atoms with E-state index in [2.05, 4.69) is 25.7 Å². The summed E-state index contributed by atoms with van der Waals surface area (Å²) in [5, 5.41) is 0. The number of hydrogen-bond donors (Lipinski definition) is 0. The Balaban J connectivity index is 3.88. The van der Waals surface area contributed by atoms with Crippen LogP contribution < -0.4 is 0 Å². The monoisotopic (exact) mass is 658 g/mol. The van der Waals surface area contributed by atoms with Crippen molar-refractivity contribution in [2.24, 2.45) is 5.92 Å². The minimum Gasteiger partial charge on any atom is -0.466 e. The number of halogens is 1. The third kappa shape index (κ3) is 32.9. The highest BCUT2D eigenvalue weighted by Gasteiger charge is 2.11. The van der Waals surface area contributed by atoms with Crippen molar-refractivity contribution in [2.45, 2.75) is 194 Å². The summed E-state index contributed by atoms with van der Waals surface area (Å²) in [4.78, 5) is 26.8. The lowest BCUT2D eigenvalue weighted by Gasteiger charge is -2.21. The molecule has 0 aromatic heterocycles. The van der Waals surface area contributed by atoms with Gasteiger partial charge in [0.15, 0.2) is 0 Å². The topological polar surface area (TPSA) is 55.8 Å². The van der Waals surface area contributed by atoms with E-state index in [-0.39, 0.29) is 11.9 Å². The normalized spacial score (nSPS) is 11.5. The van der Waals surface area contributed by atoms with E-state index in [0.717, 1.165) is 71.0 Å². The highest BCUT2D eigenvalue weighted by molar-refractivity contribution is 6.18. The number of esters is 2. The van der Waals surface area contributed by atoms with Crippen molar-refractivity contribution in [2.75, 3.05) is 38.7 Å². The molecule has 0 aromatic rings. The number of carbonyl (C=O) groups excluding carboxylic acids is 2. The predicted molar refractivity (Wildman–Crippen MR) is 194 cm³/mol. The van der Waals surface area contributed by atoms with E-state index in [1.54, 1.807) is 0 Å². The highest BCUT2D eigenvalue weighted by atomic mass is 35.5. The number of unbranched alkanes of at least 4 members (excludes halogenated alkanes) is 17. The Kier molecular flexibility index (Phi) is 35.4. The van der Waals surface area contributed by atoms with Crippen LogP contribution in [-0.2, 0) is 19.1 Å². The van der Waals surface area contributed by atoms with Crippen molar-refractivity contribution in [3.63, 3.8) is 0 Å². The Morgan fingerprint density at radius 3 is 1.51 bits per heavy atom. The molecule has 0 bridgehead atoms. The van der Waals surface area contributed by atoms with Crippen LogP contribution in [0.2, 0.25) is 0 Å². The number of rotatable bonds is 36. The van der Waals surface area contributed by atoms with Crippen molar-refractivity contribution in [3.8, 4) is 0 Å². The average molecular weight is 658 g/mol. The maximum absolute atomic E-state index is 12.3. The standard InChI is InChI=1S/C39H76ClNO4/c1-4-7-10-13-14-15-16-19-24-35-44-39(43)29-25-33-41(34-31-40)32-23-18-17-22-28-38(42)45-36-30-37(26-20-11-8-5-2)27-21-12-9-6-3/h37H,4-36H2,1-3H3. The lowest BCUT2D eigenvalue weighted by atomic mass is 9.92. The molecule has 0 unspecified atom stereocenters. The van der Waals surface area contributed by atoms with Crippen LogP contribution in [0.1, 0.15) is 194 Å². The van der Waals surface area contributed by atoms with E-state index in [4.69, 9.17) is 21.1 Å². The van der Waals surface area contributed by atoms with Crippen LogP contribution in [0.15, 0.2) is 0 Å². The third-order valence-corrected chi connectivity index (χ3v) is 9.26. The first-order valence-corrected chi connectivity index (χ1v) is 20.2. The molecule has 0 fully saturated rings. The molecule has 0 heterocycles. The SMILES string of the molecule is CCCCCCCCCCCOC(=O)CCCN(CCCl)CCCCCCC(=O)OCCC(CCCCCC)CCCCCC. The Morgan fingerprint density at radius 1 is 0.489 bits per heavy atom. The van der Waals surface area contributed by atoms with Crippen LogP contribution in [0.25, 0.3) is 0 Å². The molecule has 0 atom stereocenters. The van der Waals surface area contributed by atoms with Crippen LogP contribution in [0.5, 0.6) is 0 Å². The summed E-state index contributed by atoms with van der Waals surface area (Å²) in [6.07, 6.45) is 31.5. The second kappa shape index (κ2) is 36.0. The van der Waals surface area contributed by atoms with Gasteiger partial charge in [0.25, 0.3) is 0 Å². The molecule has 6 heteroatoms. The smallest absolute Gasteiger partial charge is 0.305 e. The molecule has 0 spiro atoms. The summed E-state index contributed by atoms with van der Waals surface area (Å²) in [5.74, 6) is 1.21. The summed E-state index contributed by atoms with van der Waals surface area (Å²) < 4.78 is 11.1. The lowest BCUT2D eigenvalue weighted by Crippen LogP contribution is -2.28. The first-order valence-electron chi connectivity index (χ1n) is 19.7. The van der Waals surface area contributed by atoms with Crippen molar-refractivity contribution in [1.29, 1.82) is 0 Å². The van der Waals surface area contributed by atoms with E-state index < -0.39 is 0 Å². The van der Waals surface area contributed by atoms with Gasteiger partial charge < -0.3 is 14.4 Å². The van der Waals surface area contributed by atoms with Gasteiger partial charge in [-0.15, -0.1) is 11.6 Å². The van der Waals surface area contributed by atoms with Crippen molar-refractivity contribution in [3.05, 3.63) is 0 Å². The Morgan fingerprint density at radius 2 is 0.933 bits per heavy atom. The molecule has 0 aromatic carbocycles. The van der Waals surface area contributed by atoms with E-state index in [9.17, 15) is 9.59 Å². The summed E-state index contributed by atoms with van der Waals surface area (Å²) in [5.41, 5.74) is 0. The number of carbonyl (C=O) groups is 2. The van der Waals surface area contributed by atoms with Gasteiger partial charge in [0.2, 0.25) is 0 Å². The van der Waals surface area contributed by atoms with E-state index in [0.29, 0.717) is 37.9 Å². The maximum atomic E-state index is 12.3. The fourth-order valence-electron chi connectivity index (χ4n) is 6.10. The Bertz CT molecular complexity index is 620. The second-order valence-corrected chi connectivity index (χ2v) is 13.8. The second-order valence-electron chi connectivity index (χ2n) is 13.4. The van der Waals surface area contributed by atoms with Crippen LogP contribution in [0, 0.1) is 5.92 Å². The summed E-state index contributed by atoms with van der Waals surface area (Å²) >= 11 is 6.04. The van der Waals surface area contributed by atoms with E-state index in [1.807, 2.05) is 0 Å². The van der Waals surface area contributed by atoms with Gasteiger partial charge in [-0.05, 0) is 51.1 Å². The summed E-state index contributed by atoms with van der Waals surface area (Å²) in [7, 11) is 0. The van der Waals surface area contributed by atoms with Gasteiger partial charge in [0.1, 0.15) is 0 Å². The third-order valence-electron chi connectivity index (χ3n) is 9.09. The van der Waals surface area contributed by atoms with Crippen LogP contribution >= 0.6 is 11.6 Å². The van der Waals surface area contributed by atoms with Crippen LogP contribution in [0.4, 0.5) is 0 Å². The fourth-order valence-corrected chi connectivity index (χ4v) is 6.33. The lowest BCUT2D eigenvalue weighted by molar-refractivity contribution is -0.145. The van der Waals surface area contributed by atoms with Crippen molar-refractivity contribution < 1.29 is 19.1 Å². The number of alkyl halides is 1. The predicted octanol–water partition coefficient (Wildman–Crippen LogP) is 11.8. The molecule has 0 aliphatic carbocycles. The molecular formula is C39H76ClNO4. The van der Waals surface area contributed by atoms with E-state index >= 15 is 0 Å². The molecule has 268 valence electrons. The summed E-state index contributed by atoms with van der Waals surface area (Å²) in [6.45, 7) is 10.6. The molecule has 45 heavy (non-hydrogen) atoms. The summed E-state index contributed by atoms with van der Waals surface area (Å²) in [6, 6.07) is 0. The van der Waals surface area contributed by atoms with Gasteiger partial charge in [-0.1, -0.05) is 149 Å². The molecule has 0 radical (unpaired) electrons. The Labute approximate surface area is 285 Å². The fraction of sp³-hybridized carbons (Fsp3) is 0.949. The van der Waals surface area contributed by atoms with Gasteiger partial charge in [-0.2, -0.15) is 0 Å². The zero-order valence-electron chi connectivity index (χ0n) is 30.4. The maximum Gasteiger partial charge on any atom is 0.305 e. The first kappa shape index (κ1) is 44.2. The zero-order valence-corrected chi connectivity index (χ0v) is 31.1. The molecule has 0 saturated carbocycles. The molecule has 0 aliphatic heterocycles.